The van der Waals surface area contributed by atoms with Crippen LogP contribution in [0.3, 0.4) is 0 Å². The monoisotopic (exact) mass is 293 g/mol. The van der Waals surface area contributed by atoms with Crippen LogP contribution in [0.15, 0.2) is 24.4 Å². The Morgan fingerprint density at radius 1 is 1.40 bits per heavy atom. The number of nitrogens with zero attached hydrogens (tertiary/aromatic N) is 2. The van der Waals surface area contributed by atoms with Crippen molar-refractivity contribution >= 4 is 17.3 Å². The molecule has 1 aromatic carbocycles. The third-order valence-electron chi connectivity index (χ3n) is 3.13. The first-order valence-corrected chi connectivity index (χ1v) is 6.99. The van der Waals surface area contributed by atoms with E-state index in [1.165, 1.54) is 5.56 Å². The van der Waals surface area contributed by atoms with Crippen LogP contribution in [0.4, 0.5) is 5.69 Å². The Kier molecular flexibility index (Phi) is 4.55. The molecule has 0 fully saturated rings. The second kappa shape index (κ2) is 6.18. The second-order valence-electron chi connectivity index (χ2n) is 5.07. The SMILES string of the molecule is COc1ccc(Cl)c(NCc2cn(C)nc2C(C)C)c1. The van der Waals surface area contributed by atoms with Crippen LogP contribution in [0, 0.1) is 0 Å². The molecule has 0 saturated carbocycles. The minimum atomic E-state index is 0.397. The van der Waals surface area contributed by atoms with Gasteiger partial charge in [-0.15, -0.1) is 0 Å². The molecule has 2 rings (SSSR count). The molecule has 0 unspecified atom stereocenters. The smallest absolute Gasteiger partial charge is 0.121 e. The molecule has 0 atom stereocenters. The van der Waals surface area contributed by atoms with Crippen LogP contribution in [0.5, 0.6) is 5.75 Å². The normalized spacial score (nSPS) is 10.9. The molecule has 0 aliphatic carbocycles. The van der Waals surface area contributed by atoms with Gasteiger partial charge in [0.15, 0.2) is 0 Å². The summed E-state index contributed by atoms with van der Waals surface area (Å²) in [5.74, 6) is 1.18. The number of anilines is 1. The summed E-state index contributed by atoms with van der Waals surface area (Å²) in [4.78, 5) is 0. The van der Waals surface area contributed by atoms with Crippen molar-refractivity contribution in [3.8, 4) is 5.75 Å². The van der Waals surface area contributed by atoms with E-state index in [0.29, 0.717) is 17.5 Å². The van der Waals surface area contributed by atoms with E-state index in [9.17, 15) is 0 Å². The third kappa shape index (κ3) is 3.25. The van der Waals surface area contributed by atoms with Crippen molar-refractivity contribution in [3.05, 3.63) is 40.7 Å². The fourth-order valence-electron chi connectivity index (χ4n) is 2.13. The van der Waals surface area contributed by atoms with Crippen molar-refractivity contribution < 1.29 is 4.74 Å². The van der Waals surface area contributed by atoms with Gasteiger partial charge < -0.3 is 10.1 Å². The summed E-state index contributed by atoms with van der Waals surface area (Å²) < 4.78 is 7.06. The van der Waals surface area contributed by atoms with E-state index in [4.69, 9.17) is 16.3 Å². The Bertz CT molecular complexity index is 593. The molecule has 0 bridgehead atoms. The second-order valence-corrected chi connectivity index (χ2v) is 5.47. The zero-order valence-electron chi connectivity index (χ0n) is 12.3. The van der Waals surface area contributed by atoms with E-state index >= 15 is 0 Å². The summed E-state index contributed by atoms with van der Waals surface area (Å²) in [5, 5.41) is 8.53. The molecule has 1 heterocycles. The number of nitrogens with one attached hydrogen (secondary N) is 1. The van der Waals surface area contributed by atoms with Gasteiger partial charge in [0.25, 0.3) is 0 Å². The van der Waals surface area contributed by atoms with Gasteiger partial charge in [0.2, 0.25) is 0 Å². The summed E-state index contributed by atoms with van der Waals surface area (Å²) in [6.45, 7) is 4.98. The minimum absolute atomic E-state index is 0.397. The van der Waals surface area contributed by atoms with Gasteiger partial charge in [0, 0.05) is 31.4 Å². The molecule has 0 saturated heterocycles. The van der Waals surface area contributed by atoms with Gasteiger partial charge in [-0.05, 0) is 18.1 Å². The molecule has 4 nitrogen and oxygen atoms in total. The van der Waals surface area contributed by atoms with Crippen molar-refractivity contribution in [1.29, 1.82) is 0 Å². The highest BCUT2D eigenvalue weighted by molar-refractivity contribution is 6.33. The number of halogens is 1. The minimum Gasteiger partial charge on any atom is -0.497 e. The molecule has 108 valence electrons. The largest absolute Gasteiger partial charge is 0.497 e. The maximum absolute atomic E-state index is 6.19. The number of hydrogen-bond donors (Lipinski definition) is 1. The topological polar surface area (TPSA) is 39.1 Å². The first kappa shape index (κ1) is 14.7. The first-order chi connectivity index (χ1) is 9.51. The molecule has 0 aliphatic rings. The number of methoxy groups -OCH3 is 1. The maximum Gasteiger partial charge on any atom is 0.121 e. The van der Waals surface area contributed by atoms with E-state index in [0.717, 1.165) is 17.1 Å². The maximum atomic E-state index is 6.19. The lowest BCUT2D eigenvalue weighted by atomic mass is 10.1. The van der Waals surface area contributed by atoms with Gasteiger partial charge in [-0.25, -0.2) is 0 Å². The molecule has 1 aromatic heterocycles. The first-order valence-electron chi connectivity index (χ1n) is 6.61. The lowest BCUT2D eigenvalue weighted by Crippen LogP contribution is -2.03. The molecular weight excluding hydrogens is 274 g/mol. The summed E-state index contributed by atoms with van der Waals surface area (Å²) in [7, 11) is 3.58. The molecule has 5 heteroatoms. The summed E-state index contributed by atoms with van der Waals surface area (Å²) >= 11 is 6.19. The van der Waals surface area contributed by atoms with Gasteiger partial charge in [-0.2, -0.15) is 5.10 Å². The molecule has 0 spiro atoms. The van der Waals surface area contributed by atoms with Crippen LogP contribution < -0.4 is 10.1 Å². The average molecular weight is 294 g/mol. The Labute approximate surface area is 124 Å². The van der Waals surface area contributed by atoms with Gasteiger partial charge in [-0.3, -0.25) is 4.68 Å². The highest BCUT2D eigenvalue weighted by Gasteiger charge is 2.11. The number of ether oxygens (including phenoxy) is 1. The van der Waals surface area contributed by atoms with E-state index in [2.05, 4.69) is 24.3 Å². The van der Waals surface area contributed by atoms with Crippen LogP contribution in [0.25, 0.3) is 0 Å². The summed E-state index contributed by atoms with van der Waals surface area (Å²) in [6, 6.07) is 5.57. The Balaban J connectivity index is 2.16. The number of aromatic nitrogens is 2. The third-order valence-corrected chi connectivity index (χ3v) is 3.46. The van der Waals surface area contributed by atoms with Crippen molar-refractivity contribution in [2.75, 3.05) is 12.4 Å². The van der Waals surface area contributed by atoms with E-state index in [1.807, 2.05) is 36.1 Å². The van der Waals surface area contributed by atoms with E-state index in [1.54, 1.807) is 7.11 Å². The van der Waals surface area contributed by atoms with Crippen molar-refractivity contribution in [2.24, 2.45) is 7.05 Å². The summed E-state index contributed by atoms with van der Waals surface area (Å²) in [5.41, 5.74) is 3.16. The van der Waals surface area contributed by atoms with Gasteiger partial charge in [0.05, 0.1) is 23.5 Å². The highest BCUT2D eigenvalue weighted by atomic mass is 35.5. The lowest BCUT2D eigenvalue weighted by molar-refractivity contribution is 0.415. The van der Waals surface area contributed by atoms with Crippen molar-refractivity contribution in [2.45, 2.75) is 26.3 Å². The predicted molar refractivity (Wildman–Crippen MR) is 82.6 cm³/mol. The fourth-order valence-corrected chi connectivity index (χ4v) is 2.32. The van der Waals surface area contributed by atoms with Crippen LogP contribution in [-0.4, -0.2) is 16.9 Å². The van der Waals surface area contributed by atoms with Crippen LogP contribution in [0.2, 0.25) is 5.02 Å². The lowest BCUT2D eigenvalue weighted by Gasteiger charge is -2.11. The van der Waals surface area contributed by atoms with Crippen LogP contribution >= 0.6 is 11.6 Å². The van der Waals surface area contributed by atoms with Crippen LogP contribution in [0.1, 0.15) is 31.0 Å². The van der Waals surface area contributed by atoms with Gasteiger partial charge in [-0.1, -0.05) is 25.4 Å². The molecule has 1 N–H and O–H groups in total. The van der Waals surface area contributed by atoms with Gasteiger partial charge in [0.1, 0.15) is 5.75 Å². The number of rotatable bonds is 5. The standard InChI is InChI=1S/C15H20ClN3O/c1-10(2)15-11(9-19(3)18-15)8-17-14-7-12(20-4)5-6-13(14)16/h5-7,9-10,17H,8H2,1-4H3. The zero-order chi connectivity index (χ0) is 14.7. The van der Waals surface area contributed by atoms with Crippen LogP contribution in [-0.2, 0) is 13.6 Å². The predicted octanol–water partition coefficient (Wildman–Crippen LogP) is 3.82. The molecule has 0 aliphatic heterocycles. The van der Waals surface area contributed by atoms with Gasteiger partial charge >= 0.3 is 0 Å². The van der Waals surface area contributed by atoms with E-state index in [-0.39, 0.29) is 0 Å². The zero-order valence-corrected chi connectivity index (χ0v) is 13.0. The number of hydrogen-bond acceptors (Lipinski definition) is 3. The Hall–Kier alpha value is -1.68. The molecular formula is C15H20ClN3O. The molecule has 2 aromatic rings. The number of aryl methyl sites for hydroxylation is 1. The highest BCUT2D eigenvalue weighted by Crippen LogP contribution is 2.27. The number of benzene rings is 1. The molecule has 0 amide bonds. The molecule has 0 radical (unpaired) electrons. The Morgan fingerprint density at radius 2 is 2.15 bits per heavy atom. The summed E-state index contributed by atoms with van der Waals surface area (Å²) in [6.07, 6.45) is 2.04. The quantitative estimate of drug-likeness (QED) is 0.911. The average Bonchev–Trinajstić information content (AvgIpc) is 2.79. The van der Waals surface area contributed by atoms with Crippen molar-refractivity contribution in [3.63, 3.8) is 0 Å². The fraction of sp³-hybridized carbons (Fsp3) is 0.400. The Morgan fingerprint density at radius 3 is 2.80 bits per heavy atom. The van der Waals surface area contributed by atoms with E-state index < -0.39 is 0 Å². The van der Waals surface area contributed by atoms with Crippen molar-refractivity contribution in [1.82, 2.24) is 9.78 Å². The molecule has 20 heavy (non-hydrogen) atoms.